The second-order valence-corrected chi connectivity index (χ2v) is 6.48. The molecule has 5 heteroatoms. The minimum atomic E-state index is 0.154. The second-order valence-electron chi connectivity index (χ2n) is 6.48. The molecule has 5 nitrogen and oxygen atoms in total. The van der Waals surface area contributed by atoms with E-state index in [1.165, 1.54) is 0 Å². The van der Waals surface area contributed by atoms with Gasteiger partial charge >= 0.3 is 0 Å². The van der Waals surface area contributed by atoms with Crippen LogP contribution in [0.2, 0.25) is 0 Å². The van der Waals surface area contributed by atoms with Crippen molar-refractivity contribution in [2.45, 2.75) is 12.8 Å². The van der Waals surface area contributed by atoms with Gasteiger partial charge in [0.2, 0.25) is 0 Å². The van der Waals surface area contributed by atoms with Gasteiger partial charge < -0.3 is 24.4 Å². The normalized spacial score (nSPS) is 19.8. The topological polar surface area (TPSA) is 68.2 Å². The van der Waals surface area contributed by atoms with Crippen molar-refractivity contribution < 1.29 is 24.4 Å². The van der Waals surface area contributed by atoms with Gasteiger partial charge in [0.25, 0.3) is 0 Å². The number of phenols is 2. The van der Waals surface area contributed by atoms with E-state index in [2.05, 4.69) is 0 Å². The third kappa shape index (κ3) is 3.99. The van der Waals surface area contributed by atoms with E-state index in [0.717, 1.165) is 37.2 Å². The molecule has 2 N–H and O–H groups in total. The maximum absolute atomic E-state index is 9.73. The van der Waals surface area contributed by atoms with E-state index in [0.29, 0.717) is 23.3 Å². The first-order chi connectivity index (χ1) is 12.1. The lowest BCUT2D eigenvalue weighted by atomic mass is 9.85. The lowest BCUT2D eigenvalue weighted by molar-refractivity contribution is 0.180. The van der Waals surface area contributed by atoms with E-state index < -0.39 is 0 Å². The summed E-state index contributed by atoms with van der Waals surface area (Å²) in [4.78, 5) is 0. The highest BCUT2D eigenvalue weighted by Gasteiger charge is 2.29. The molecule has 0 unspecified atom stereocenters. The number of ether oxygens (including phenoxy) is 3. The van der Waals surface area contributed by atoms with Gasteiger partial charge in [-0.3, -0.25) is 0 Å². The van der Waals surface area contributed by atoms with E-state index in [9.17, 15) is 10.2 Å². The average molecular weight is 344 g/mol. The molecule has 2 atom stereocenters. The molecule has 1 fully saturated rings. The van der Waals surface area contributed by atoms with E-state index >= 15 is 0 Å². The standard InChI is InChI=1S/C20H24O5/c1-23-19-9-13(3-5-17(19)21)7-15-11-25-12-16(15)8-14-4-6-18(22)20(10-14)24-2/h3-6,9-10,15-16,21-22H,7-8,11-12H2,1-2H3/t15-,16-/m0/s1. The smallest absolute Gasteiger partial charge is 0.160 e. The Labute approximate surface area is 147 Å². The summed E-state index contributed by atoms with van der Waals surface area (Å²) in [6.45, 7) is 1.45. The summed E-state index contributed by atoms with van der Waals surface area (Å²) in [5, 5.41) is 19.5. The Morgan fingerprint density at radius 3 is 1.68 bits per heavy atom. The van der Waals surface area contributed by atoms with Crippen molar-refractivity contribution in [3.63, 3.8) is 0 Å². The van der Waals surface area contributed by atoms with E-state index in [-0.39, 0.29) is 11.5 Å². The number of benzene rings is 2. The Balaban J connectivity index is 1.70. The molecule has 1 saturated heterocycles. The SMILES string of the molecule is COc1cc(C[C@H]2COC[C@@H]2Cc2ccc(O)c(OC)c2)ccc1O. The van der Waals surface area contributed by atoms with Gasteiger partial charge in [-0.25, -0.2) is 0 Å². The molecule has 1 aliphatic rings. The number of hydrogen-bond donors (Lipinski definition) is 2. The van der Waals surface area contributed by atoms with Crippen LogP contribution in [0.1, 0.15) is 11.1 Å². The number of aromatic hydroxyl groups is 2. The van der Waals surface area contributed by atoms with Crippen LogP contribution >= 0.6 is 0 Å². The third-order valence-corrected chi connectivity index (χ3v) is 4.81. The second kappa shape index (κ2) is 7.66. The lowest BCUT2D eigenvalue weighted by Gasteiger charge is -2.18. The van der Waals surface area contributed by atoms with Crippen LogP contribution in [0.4, 0.5) is 0 Å². The predicted molar refractivity (Wildman–Crippen MR) is 94.5 cm³/mol. The van der Waals surface area contributed by atoms with Crippen LogP contribution in [-0.2, 0) is 17.6 Å². The summed E-state index contributed by atoms with van der Waals surface area (Å²) >= 11 is 0. The number of phenolic OH excluding ortho intramolecular Hbond substituents is 2. The van der Waals surface area contributed by atoms with Crippen molar-refractivity contribution in [1.82, 2.24) is 0 Å². The first-order valence-corrected chi connectivity index (χ1v) is 8.40. The molecule has 25 heavy (non-hydrogen) atoms. The molecule has 134 valence electrons. The maximum Gasteiger partial charge on any atom is 0.160 e. The zero-order valence-electron chi connectivity index (χ0n) is 14.6. The van der Waals surface area contributed by atoms with Crippen molar-refractivity contribution >= 4 is 0 Å². The molecule has 0 radical (unpaired) electrons. The molecule has 0 aliphatic carbocycles. The van der Waals surface area contributed by atoms with Gasteiger partial charge in [-0.2, -0.15) is 0 Å². The van der Waals surface area contributed by atoms with Crippen molar-refractivity contribution in [2.24, 2.45) is 11.8 Å². The Kier molecular flexibility index (Phi) is 5.34. The molecule has 0 amide bonds. The fraction of sp³-hybridized carbons (Fsp3) is 0.400. The van der Waals surface area contributed by atoms with Crippen LogP contribution in [0.25, 0.3) is 0 Å². The zero-order chi connectivity index (χ0) is 17.8. The predicted octanol–water partition coefficient (Wildman–Crippen LogP) is 3.16. The fourth-order valence-corrected chi connectivity index (χ4v) is 3.40. The van der Waals surface area contributed by atoms with Gasteiger partial charge in [0.1, 0.15) is 0 Å². The van der Waals surface area contributed by atoms with Crippen LogP contribution in [-0.4, -0.2) is 37.6 Å². The molecule has 2 aromatic rings. The maximum atomic E-state index is 9.73. The fourth-order valence-electron chi connectivity index (χ4n) is 3.40. The van der Waals surface area contributed by atoms with Gasteiger partial charge in [0.15, 0.2) is 23.0 Å². The van der Waals surface area contributed by atoms with Gasteiger partial charge in [-0.05, 0) is 60.1 Å². The molecule has 3 rings (SSSR count). The summed E-state index contributed by atoms with van der Waals surface area (Å²) in [5.74, 6) is 2.10. The zero-order valence-corrected chi connectivity index (χ0v) is 14.6. The quantitative estimate of drug-likeness (QED) is 0.842. The minimum Gasteiger partial charge on any atom is -0.504 e. The van der Waals surface area contributed by atoms with Crippen LogP contribution in [0.3, 0.4) is 0 Å². The van der Waals surface area contributed by atoms with Gasteiger partial charge in [-0.15, -0.1) is 0 Å². The average Bonchev–Trinajstić information content (AvgIpc) is 3.05. The van der Waals surface area contributed by atoms with Crippen molar-refractivity contribution in [2.75, 3.05) is 27.4 Å². The molecule has 0 spiro atoms. The number of methoxy groups -OCH3 is 2. The van der Waals surface area contributed by atoms with Gasteiger partial charge in [0.05, 0.1) is 27.4 Å². The van der Waals surface area contributed by atoms with Crippen LogP contribution < -0.4 is 9.47 Å². The third-order valence-electron chi connectivity index (χ3n) is 4.81. The summed E-state index contributed by atoms with van der Waals surface area (Å²) in [6.07, 6.45) is 1.74. The summed E-state index contributed by atoms with van der Waals surface area (Å²) in [6, 6.07) is 11.0. The summed E-state index contributed by atoms with van der Waals surface area (Å²) < 4.78 is 16.1. The molecule has 1 aliphatic heterocycles. The monoisotopic (exact) mass is 344 g/mol. The van der Waals surface area contributed by atoms with Gasteiger partial charge in [-0.1, -0.05) is 12.1 Å². The van der Waals surface area contributed by atoms with E-state index in [1.54, 1.807) is 26.4 Å². The van der Waals surface area contributed by atoms with Gasteiger partial charge in [0, 0.05) is 0 Å². The Morgan fingerprint density at radius 2 is 1.28 bits per heavy atom. The van der Waals surface area contributed by atoms with Crippen molar-refractivity contribution in [1.29, 1.82) is 0 Å². The highest BCUT2D eigenvalue weighted by Crippen LogP contribution is 2.33. The van der Waals surface area contributed by atoms with Crippen LogP contribution in [0.15, 0.2) is 36.4 Å². The largest absolute Gasteiger partial charge is 0.504 e. The molecule has 1 heterocycles. The molecule has 0 bridgehead atoms. The van der Waals surface area contributed by atoms with Crippen molar-refractivity contribution in [3.8, 4) is 23.0 Å². The summed E-state index contributed by atoms with van der Waals surface area (Å²) in [5.41, 5.74) is 2.25. The minimum absolute atomic E-state index is 0.154. The molecular formula is C20H24O5. The van der Waals surface area contributed by atoms with Crippen molar-refractivity contribution in [3.05, 3.63) is 47.5 Å². The molecule has 0 aromatic heterocycles. The first-order valence-electron chi connectivity index (χ1n) is 8.40. The first kappa shape index (κ1) is 17.4. The Hall–Kier alpha value is -2.40. The molecule has 2 aromatic carbocycles. The van der Waals surface area contributed by atoms with E-state index in [4.69, 9.17) is 14.2 Å². The Morgan fingerprint density at radius 1 is 0.840 bits per heavy atom. The lowest BCUT2D eigenvalue weighted by Crippen LogP contribution is -2.17. The highest BCUT2D eigenvalue weighted by atomic mass is 16.5. The summed E-state index contributed by atoms with van der Waals surface area (Å²) in [7, 11) is 3.11. The highest BCUT2D eigenvalue weighted by molar-refractivity contribution is 5.43. The molecule has 0 saturated carbocycles. The molecular weight excluding hydrogens is 320 g/mol. The van der Waals surface area contributed by atoms with Crippen LogP contribution in [0, 0.1) is 11.8 Å². The van der Waals surface area contributed by atoms with Crippen LogP contribution in [0.5, 0.6) is 23.0 Å². The number of rotatable bonds is 6. The number of hydrogen-bond acceptors (Lipinski definition) is 5. The van der Waals surface area contributed by atoms with E-state index in [1.807, 2.05) is 24.3 Å². The Bertz CT molecular complexity index is 667.